The van der Waals surface area contributed by atoms with E-state index in [1.54, 1.807) is 18.2 Å². The van der Waals surface area contributed by atoms with Crippen molar-refractivity contribution in [1.82, 2.24) is 9.97 Å². The van der Waals surface area contributed by atoms with E-state index in [2.05, 4.69) is 15.3 Å². The number of anilines is 2. The minimum Gasteiger partial charge on any atom is -0.324 e. The molecule has 0 radical (unpaired) electrons. The number of nitriles is 1. The summed E-state index contributed by atoms with van der Waals surface area (Å²) in [7, 11) is 0. The van der Waals surface area contributed by atoms with E-state index in [-0.39, 0.29) is 23.2 Å². The largest absolute Gasteiger partial charge is 0.324 e. The molecule has 33 heavy (non-hydrogen) atoms. The number of carbonyl (C=O) groups is 2. The average molecular weight is 453 g/mol. The summed E-state index contributed by atoms with van der Waals surface area (Å²) in [5, 5.41) is 12.1. The Hall–Kier alpha value is -4.26. The number of rotatable bonds is 7. The molecule has 2 amide bonds. The van der Waals surface area contributed by atoms with Crippen molar-refractivity contribution in [3.8, 4) is 17.3 Å². The minimum absolute atomic E-state index is 0.0426. The number of alkyl halides is 2. The lowest BCUT2D eigenvalue weighted by Gasteiger charge is -2.22. The zero-order valence-corrected chi connectivity index (χ0v) is 17.4. The molecule has 0 unspecified atom stereocenters. The molecule has 0 spiro atoms. The van der Waals surface area contributed by atoms with Gasteiger partial charge in [0.25, 0.3) is 6.43 Å². The van der Waals surface area contributed by atoms with Crippen LogP contribution in [0.1, 0.15) is 18.1 Å². The van der Waals surface area contributed by atoms with E-state index in [4.69, 9.17) is 0 Å². The standard InChI is InChI=1S/C23H18F3N5O2/c1-14(32)31(13-21(24)25)20-7-4-15(9-17(20)11-27)19-6-5-18(12-29-19)30-22(33)10-16-3-2-8-28-23(16)26/h2-9,12,21H,10,13H2,1H3,(H,30,33). The number of hydrogen-bond acceptors (Lipinski definition) is 5. The highest BCUT2D eigenvalue weighted by Gasteiger charge is 2.20. The lowest BCUT2D eigenvalue weighted by Crippen LogP contribution is -2.33. The molecule has 0 fully saturated rings. The second-order valence-electron chi connectivity index (χ2n) is 6.97. The minimum atomic E-state index is -2.75. The molecular formula is C23H18F3N5O2. The van der Waals surface area contributed by atoms with E-state index < -0.39 is 30.7 Å². The first kappa shape index (κ1) is 23.4. The highest BCUT2D eigenvalue weighted by atomic mass is 19.3. The highest BCUT2D eigenvalue weighted by Crippen LogP contribution is 2.27. The maximum atomic E-state index is 13.6. The van der Waals surface area contributed by atoms with Crippen LogP contribution in [0.3, 0.4) is 0 Å². The topological polar surface area (TPSA) is 99.0 Å². The normalized spacial score (nSPS) is 10.5. The molecule has 0 saturated carbocycles. The molecule has 3 rings (SSSR count). The van der Waals surface area contributed by atoms with E-state index in [1.165, 1.54) is 36.7 Å². The number of benzene rings is 1. The molecule has 1 N–H and O–H groups in total. The van der Waals surface area contributed by atoms with Crippen molar-refractivity contribution in [3.63, 3.8) is 0 Å². The average Bonchev–Trinajstić information content (AvgIpc) is 2.79. The van der Waals surface area contributed by atoms with Crippen molar-refractivity contribution >= 4 is 23.2 Å². The Morgan fingerprint density at radius 2 is 1.97 bits per heavy atom. The fourth-order valence-electron chi connectivity index (χ4n) is 3.12. The van der Waals surface area contributed by atoms with E-state index in [1.807, 2.05) is 6.07 Å². The summed E-state index contributed by atoms with van der Waals surface area (Å²) in [6.07, 6.45) is -0.259. The number of halogens is 3. The predicted molar refractivity (Wildman–Crippen MR) is 115 cm³/mol. The third-order valence-electron chi connectivity index (χ3n) is 4.64. The van der Waals surface area contributed by atoms with Gasteiger partial charge in [-0.25, -0.2) is 13.8 Å². The van der Waals surface area contributed by atoms with Gasteiger partial charge in [0.2, 0.25) is 17.8 Å². The van der Waals surface area contributed by atoms with Gasteiger partial charge in [0, 0.05) is 24.2 Å². The summed E-state index contributed by atoms with van der Waals surface area (Å²) in [4.78, 5) is 32.5. The molecule has 2 aromatic heterocycles. The molecule has 0 aliphatic heterocycles. The van der Waals surface area contributed by atoms with Crippen molar-refractivity contribution in [3.05, 3.63) is 71.9 Å². The Morgan fingerprint density at radius 3 is 2.58 bits per heavy atom. The van der Waals surface area contributed by atoms with E-state index >= 15 is 0 Å². The quantitative estimate of drug-likeness (QED) is 0.546. The first-order chi connectivity index (χ1) is 15.8. The number of pyridine rings is 2. The zero-order chi connectivity index (χ0) is 24.0. The number of hydrogen-bond donors (Lipinski definition) is 1. The number of nitrogens with one attached hydrogen (secondary N) is 1. The van der Waals surface area contributed by atoms with Gasteiger partial charge >= 0.3 is 0 Å². The Kier molecular flexibility index (Phi) is 7.35. The third kappa shape index (κ3) is 5.92. The summed E-state index contributed by atoms with van der Waals surface area (Å²) in [6.45, 7) is 0.327. The van der Waals surface area contributed by atoms with Crippen molar-refractivity contribution in [2.45, 2.75) is 19.8 Å². The Labute approximate surface area is 187 Å². The highest BCUT2D eigenvalue weighted by molar-refractivity contribution is 5.94. The van der Waals surface area contributed by atoms with Crippen LogP contribution in [0.5, 0.6) is 0 Å². The Bertz CT molecular complexity index is 1210. The van der Waals surface area contributed by atoms with Crippen LogP contribution in [0.4, 0.5) is 24.5 Å². The first-order valence-electron chi connectivity index (χ1n) is 9.74. The number of amides is 2. The van der Waals surface area contributed by atoms with Crippen LogP contribution in [0, 0.1) is 17.3 Å². The Balaban J connectivity index is 1.76. The molecule has 7 nitrogen and oxygen atoms in total. The van der Waals surface area contributed by atoms with E-state index in [9.17, 15) is 28.0 Å². The van der Waals surface area contributed by atoms with Gasteiger partial charge in [-0.2, -0.15) is 9.65 Å². The first-order valence-corrected chi connectivity index (χ1v) is 9.74. The van der Waals surface area contributed by atoms with Gasteiger partial charge in [0.15, 0.2) is 0 Å². The van der Waals surface area contributed by atoms with Crippen molar-refractivity contribution in [2.75, 3.05) is 16.8 Å². The van der Waals surface area contributed by atoms with Crippen LogP contribution < -0.4 is 10.2 Å². The fraction of sp³-hybridized carbons (Fsp3) is 0.174. The van der Waals surface area contributed by atoms with Gasteiger partial charge in [0.1, 0.15) is 6.07 Å². The number of carbonyl (C=O) groups excluding carboxylic acids is 2. The van der Waals surface area contributed by atoms with Gasteiger partial charge in [-0.3, -0.25) is 14.6 Å². The van der Waals surface area contributed by atoms with Crippen LogP contribution in [0.25, 0.3) is 11.3 Å². The van der Waals surface area contributed by atoms with Crippen LogP contribution in [-0.4, -0.2) is 34.8 Å². The molecule has 1 aromatic carbocycles. The molecule has 0 aliphatic carbocycles. The number of aromatic nitrogens is 2. The second-order valence-corrected chi connectivity index (χ2v) is 6.97. The van der Waals surface area contributed by atoms with Gasteiger partial charge < -0.3 is 10.2 Å². The molecule has 0 aliphatic rings. The lowest BCUT2D eigenvalue weighted by molar-refractivity contribution is -0.117. The fourth-order valence-corrected chi connectivity index (χ4v) is 3.12. The summed E-state index contributed by atoms with van der Waals surface area (Å²) in [5.41, 5.74) is 1.64. The van der Waals surface area contributed by atoms with Gasteiger partial charge in [-0.05, 0) is 30.3 Å². The molecule has 0 saturated heterocycles. The SMILES string of the molecule is CC(=O)N(CC(F)F)c1ccc(-c2ccc(NC(=O)Cc3cccnc3F)cn2)cc1C#N. The Morgan fingerprint density at radius 1 is 1.18 bits per heavy atom. The molecule has 10 heteroatoms. The van der Waals surface area contributed by atoms with Crippen molar-refractivity contribution in [1.29, 1.82) is 5.26 Å². The maximum Gasteiger partial charge on any atom is 0.256 e. The summed E-state index contributed by atoms with van der Waals surface area (Å²) in [6, 6.07) is 12.5. The van der Waals surface area contributed by atoms with E-state index in [0.29, 0.717) is 16.9 Å². The van der Waals surface area contributed by atoms with Crippen molar-refractivity contribution in [2.24, 2.45) is 0 Å². The summed E-state index contributed by atoms with van der Waals surface area (Å²) < 4.78 is 39.3. The zero-order valence-electron chi connectivity index (χ0n) is 17.4. The summed E-state index contributed by atoms with van der Waals surface area (Å²) in [5.74, 6) is -1.77. The van der Waals surface area contributed by atoms with Crippen LogP contribution in [0.15, 0.2) is 54.9 Å². The van der Waals surface area contributed by atoms with Crippen molar-refractivity contribution < 1.29 is 22.8 Å². The molecule has 0 atom stereocenters. The predicted octanol–water partition coefficient (Wildman–Crippen LogP) is 3.95. The van der Waals surface area contributed by atoms with Crippen LogP contribution in [-0.2, 0) is 16.0 Å². The third-order valence-corrected chi connectivity index (χ3v) is 4.64. The maximum absolute atomic E-state index is 13.6. The van der Waals surface area contributed by atoms with Crippen LogP contribution in [0.2, 0.25) is 0 Å². The lowest BCUT2D eigenvalue weighted by atomic mass is 10.0. The molecule has 0 bridgehead atoms. The molecule has 2 heterocycles. The van der Waals surface area contributed by atoms with E-state index in [0.717, 1.165) is 11.8 Å². The second kappa shape index (κ2) is 10.4. The van der Waals surface area contributed by atoms with Gasteiger partial charge in [-0.15, -0.1) is 0 Å². The smallest absolute Gasteiger partial charge is 0.256 e. The van der Waals surface area contributed by atoms with Crippen LogP contribution >= 0.6 is 0 Å². The molecule has 168 valence electrons. The van der Waals surface area contributed by atoms with Gasteiger partial charge in [-0.1, -0.05) is 12.1 Å². The number of nitrogens with zero attached hydrogens (tertiary/aromatic N) is 4. The molecule has 3 aromatic rings. The summed E-state index contributed by atoms with van der Waals surface area (Å²) >= 11 is 0. The monoisotopic (exact) mass is 453 g/mol. The van der Waals surface area contributed by atoms with Gasteiger partial charge in [0.05, 0.1) is 41.8 Å². The molecular weight excluding hydrogens is 435 g/mol.